The van der Waals surface area contributed by atoms with E-state index in [4.69, 9.17) is 0 Å². The Morgan fingerprint density at radius 2 is 2.41 bits per heavy atom. The average molecular weight is 268 g/mol. The van der Waals surface area contributed by atoms with E-state index in [2.05, 4.69) is 27.0 Å². The smallest absolute Gasteiger partial charge is 0.241 e. The zero-order chi connectivity index (χ0) is 11.8. The second-order valence-electron chi connectivity index (χ2n) is 4.61. The lowest BCUT2D eigenvalue weighted by Crippen LogP contribution is -2.39. The van der Waals surface area contributed by atoms with Crippen molar-refractivity contribution >= 4 is 29.0 Å². The number of hydrogen-bond donors (Lipinski definition) is 1. The average Bonchev–Trinajstić information content (AvgIpc) is 3.01. The molecule has 0 radical (unpaired) electrons. The van der Waals surface area contributed by atoms with Gasteiger partial charge in [-0.25, -0.2) is 0 Å². The summed E-state index contributed by atoms with van der Waals surface area (Å²) in [5.74, 6) is 2.52. The molecular weight excluding hydrogens is 252 g/mol. The van der Waals surface area contributed by atoms with Gasteiger partial charge in [0.1, 0.15) is 6.17 Å². The van der Waals surface area contributed by atoms with E-state index in [-0.39, 0.29) is 18.1 Å². The van der Waals surface area contributed by atoms with Crippen molar-refractivity contribution in [3.8, 4) is 0 Å². The number of rotatable bonds is 2. The lowest BCUT2D eigenvalue weighted by Gasteiger charge is -2.29. The molecular formula is C12H16N2OS2. The normalized spacial score (nSPS) is 33.6. The van der Waals surface area contributed by atoms with Gasteiger partial charge < -0.3 is 4.90 Å². The zero-order valence-corrected chi connectivity index (χ0v) is 11.4. The minimum absolute atomic E-state index is 0.0505. The van der Waals surface area contributed by atoms with Crippen molar-refractivity contribution in [1.82, 2.24) is 10.2 Å². The summed E-state index contributed by atoms with van der Waals surface area (Å²) in [4.78, 5) is 14.3. The Bertz CT molecular complexity index is 401. The minimum Gasteiger partial charge on any atom is -0.318 e. The fraction of sp³-hybridized carbons (Fsp3) is 0.583. The number of amides is 1. The van der Waals surface area contributed by atoms with E-state index in [9.17, 15) is 4.79 Å². The Labute approximate surface area is 110 Å². The van der Waals surface area contributed by atoms with Crippen molar-refractivity contribution < 1.29 is 4.79 Å². The van der Waals surface area contributed by atoms with Gasteiger partial charge in [0.15, 0.2) is 0 Å². The standard InChI is InChI=1S/C12H16N2OS2/c1-8-12(15)14(10-3-5-17-7-10)11(13-8)9-2-4-16-6-9/h2,4,6,8,10-11,13H,3,5,7H2,1H3. The molecule has 0 aliphatic carbocycles. The SMILES string of the molecule is CC1NC(c2ccsc2)N(C2CCSC2)C1=O. The van der Waals surface area contributed by atoms with Crippen LogP contribution in [0.25, 0.3) is 0 Å². The maximum Gasteiger partial charge on any atom is 0.241 e. The summed E-state index contributed by atoms with van der Waals surface area (Å²) in [7, 11) is 0. The lowest BCUT2D eigenvalue weighted by molar-refractivity contribution is -0.131. The molecule has 1 N–H and O–H groups in total. The highest BCUT2D eigenvalue weighted by atomic mass is 32.2. The van der Waals surface area contributed by atoms with Crippen LogP contribution in [-0.2, 0) is 4.79 Å². The van der Waals surface area contributed by atoms with Crippen LogP contribution in [0.4, 0.5) is 0 Å². The first kappa shape index (κ1) is 11.6. The summed E-state index contributed by atoms with van der Waals surface area (Å²) in [6.07, 6.45) is 1.22. The predicted molar refractivity (Wildman–Crippen MR) is 72.2 cm³/mol. The summed E-state index contributed by atoms with van der Waals surface area (Å²) in [5, 5.41) is 7.62. The van der Waals surface area contributed by atoms with Crippen molar-refractivity contribution in [2.75, 3.05) is 11.5 Å². The Kier molecular flexibility index (Phi) is 3.15. The van der Waals surface area contributed by atoms with Crippen molar-refractivity contribution in [3.05, 3.63) is 22.4 Å². The van der Waals surface area contributed by atoms with Crippen LogP contribution >= 0.6 is 23.1 Å². The van der Waals surface area contributed by atoms with Crippen LogP contribution in [0.5, 0.6) is 0 Å². The Balaban J connectivity index is 1.88. The second-order valence-corrected chi connectivity index (χ2v) is 6.54. The van der Waals surface area contributed by atoms with E-state index in [1.54, 1.807) is 11.3 Å². The molecule has 0 saturated carbocycles. The minimum atomic E-state index is -0.0505. The number of thiophene rings is 1. The fourth-order valence-corrected chi connectivity index (χ4v) is 4.44. The number of nitrogens with one attached hydrogen (secondary N) is 1. The summed E-state index contributed by atoms with van der Waals surface area (Å²) in [6.45, 7) is 1.96. The van der Waals surface area contributed by atoms with Crippen LogP contribution in [0.3, 0.4) is 0 Å². The molecule has 0 aromatic carbocycles. The largest absolute Gasteiger partial charge is 0.318 e. The topological polar surface area (TPSA) is 32.3 Å². The summed E-state index contributed by atoms with van der Waals surface area (Å²) in [5.41, 5.74) is 1.23. The van der Waals surface area contributed by atoms with Gasteiger partial charge in [-0.3, -0.25) is 10.1 Å². The van der Waals surface area contributed by atoms with Gasteiger partial charge in [0.25, 0.3) is 0 Å². The number of carbonyl (C=O) groups excluding carboxylic acids is 1. The molecule has 1 aromatic rings. The van der Waals surface area contributed by atoms with E-state index < -0.39 is 0 Å². The summed E-state index contributed by atoms with van der Waals surface area (Å²) < 4.78 is 0. The van der Waals surface area contributed by atoms with E-state index in [0.717, 1.165) is 12.2 Å². The molecule has 3 heterocycles. The van der Waals surface area contributed by atoms with Crippen molar-refractivity contribution in [2.24, 2.45) is 0 Å². The van der Waals surface area contributed by atoms with E-state index >= 15 is 0 Å². The predicted octanol–water partition coefficient (Wildman–Crippen LogP) is 2.07. The monoisotopic (exact) mass is 268 g/mol. The Morgan fingerprint density at radius 1 is 1.53 bits per heavy atom. The molecule has 17 heavy (non-hydrogen) atoms. The molecule has 2 saturated heterocycles. The van der Waals surface area contributed by atoms with Gasteiger partial charge >= 0.3 is 0 Å². The van der Waals surface area contributed by atoms with Gasteiger partial charge in [-0.05, 0) is 41.5 Å². The van der Waals surface area contributed by atoms with Crippen LogP contribution < -0.4 is 5.32 Å². The number of hydrogen-bond acceptors (Lipinski definition) is 4. The third kappa shape index (κ3) is 2.00. The first-order valence-electron chi connectivity index (χ1n) is 5.95. The molecule has 3 nitrogen and oxygen atoms in total. The van der Waals surface area contributed by atoms with Gasteiger partial charge in [0.2, 0.25) is 5.91 Å². The molecule has 0 bridgehead atoms. The van der Waals surface area contributed by atoms with Crippen LogP contribution in [-0.4, -0.2) is 34.4 Å². The van der Waals surface area contributed by atoms with Gasteiger partial charge in [-0.15, -0.1) is 0 Å². The van der Waals surface area contributed by atoms with Crippen LogP contribution in [0, 0.1) is 0 Å². The molecule has 0 spiro atoms. The van der Waals surface area contributed by atoms with Crippen molar-refractivity contribution in [2.45, 2.75) is 31.6 Å². The van der Waals surface area contributed by atoms with Gasteiger partial charge in [0, 0.05) is 11.8 Å². The van der Waals surface area contributed by atoms with Crippen molar-refractivity contribution in [1.29, 1.82) is 0 Å². The number of thioether (sulfide) groups is 1. The van der Waals surface area contributed by atoms with Crippen LogP contribution in [0.1, 0.15) is 25.1 Å². The highest BCUT2D eigenvalue weighted by molar-refractivity contribution is 7.99. The maximum atomic E-state index is 12.3. The van der Waals surface area contributed by atoms with Gasteiger partial charge in [0.05, 0.1) is 6.04 Å². The molecule has 3 unspecified atom stereocenters. The van der Waals surface area contributed by atoms with E-state index in [1.165, 1.54) is 11.3 Å². The van der Waals surface area contributed by atoms with Crippen LogP contribution in [0.15, 0.2) is 16.8 Å². The zero-order valence-electron chi connectivity index (χ0n) is 9.76. The first-order chi connectivity index (χ1) is 8.27. The van der Waals surface area contributed by atoms with E-state index in [1.807, 2.05) is 18.7 Å². The number of nitrogens with zero attached hydrogens (tertiary/aromatic N) is 1. The third-order valence-electron chi connectivity index (χ3n) is 3.47. The first-order valence-corrected chi connectivity index (χ1v) is 8.05. The Hall–Kier alpha value is -0.520. The molecule has 3 rings (SSSR count). The molecule has 2 fully saturated rings. The molecule has 1 amide bonds. The number of carbonyl (C=O) groups is 1. The summed E-state index contributed by atoms with van der Waals surface area (Å²) >= 11 is 3.64. The highest BCUT2D eigenvalue weighted by Crippen LogP contribution is 2.33. The van der Waals surface area contributed by atoms with E-state index in [0.29, 0.717) is 6.04 Å². The second kappa shape index (κ2) is 4.63. The highest BCUT2D eigenvalue weighted by Gasteiger charge is 2.42. The molecule has 92 valence electrons. The molecule has 3 atom stereocenters. The molecule has 1 aromatic heterocycles. The molecule has 2 aliphatic heterocycles. The Morgan fingerprint density at radius 3 is 3.06 bits per heavy atom. The third-order valence-corrected chi connectivity index (χ3v) is 5.32. The molecule has 2 aliphatic rings. The summed E-state index contributed by atoms with van der Waals surface area (Å²) in [6, 6.07) is 2.48. The molecule has 5 heteroatoms. The van der Waals surface area contributed by atoms with Gasteiger partial charge in [-0.2, -0.15) is 23.1 Å². The van der Waals surface area contributed by atoms with Gasteiger partial charge in [-0.1, -0.05) is 0 Å². The maximum absolute atomic E-state index is 12.3. The fourth-order valence-electron chi connectivity index (χ4n) is 2.56. The lowest BCUT2D eigenvalue weighted by atomic mass is 10.1. The quantitative estimate of drug-likeness (QED) is 0.891. The van der Waals surface area contributed by atoms with Crippen molar-refractivity contribution in [3.63, 3.8) is 0 Å². The van der Waals surface area contributed by atoms with Crippen LogP contribution in [0.2, 0.25) is 0 Å².